The molecular formula is C25H43NO. The van der Waals surface area contributed by atoms with Crippen molar-refractivity contribution in [2.24, 2.45) is 0 Å². The molecule has 1 aromatic rings. The van der Waals surface area contributed by atoms with Crippen LogP contribution in [0.15, 0.2) is 30.3 Å². The molecule has 0 radical (unpaired) electrons. The molecule has 1 fully saturated rings. The zero-order valence-corrected chi connectivity index (χ0v) is 17.9. The number of aliphatic hydroxyl groups is 1. The molecule has 154 valence electrons. The van der Waals surface area contributed by atoms with E-state index in [1.165, 1.54) is 89.0 Å². The summed E-state index contributed by atoms with van der Waals surface area (Å²) in [5, 5.41) is 10.2. The van der Waals surface area contributed by atoms with Crippen LogP contribution < -0.4 is 0 Å². The number of unbranched alkanes of at least 4 members (excludes halogenated alkanes) is 8. The number of hydrogen-bond donors (Lipinski definition) is 1. The lowest BCUT2D eigenvalue weighted by Gasteiger charge is -2.45. The molecule has 2 rings (SSSR count). The highest BCUT2D eigenvalue weighted by Crippen LogP contribution is 2.34. The lowest BCUT2D eigenvalue weighted by Crippen LogP contribution is -2.48. The van der Waals surface area contributed by atoms with E-state index >= 15 is 0 Å². The number of likely N-dealkylation sites (tertiary alicyclic amines) is 1. The van der Waals surface area contributed by atoms with Crippen LogP contribution in [0.3, 0.4) is 0 Å². The summed E-state index contributed by atoms with van der Waals surface area (Å²) in [6.07, 6.45) is 17.7. The first-order valence-corrected chi connectivity index (χ1v) is 11.7. The number of hydrogen-bond acceptors (Lipinski definition) is 2. The first-order chi connectivity index (χ1) is 13.3. The molecule has 1 aliphatic heterocycles. The summed E-state index contributed by atoms with van der Waals surface area (Å²) in [7, 11) is 0. The third-order valence-corrected chi connectivity index (χ3v) is 6.45. The summed E-state index contributed by atoms with van der Waals surface area (Å²) in [5.74, 6) is 0. The Morgan fingerprint density at radius 1 is 0.926 bits per heavy atom. The molecule has 0 aliphatic carbocycles. The molecule has 1 aromatic carbocycles. The fourth-order valence-electron chi connectivity index (χ4n) is 4.90. The van der Waals surface area contributed by atoms with E-state index in [9.17, 15) is 5.11 Å². The minimum atomic E-state index is 0.157. The maximum absolute atomic E-state index is 10.2. The topological polar surface area (TPSA) is 23.5 Å². The van der Waals surface area contributed by atoms with Crippen LogP contribution >= 0.6 is 0 Å². The largest absolute Gasteiger partial charge is 0.394 e. The van der Waals surface area contributed by atoms with Crippen LogP contribution in [0.5, 0.6) is 0 Å². The Balaban J connectivity index is 1.78. The lowest BCUT2D eigenvalue weighted by molar-refractivity contribution is 0.0130. The minimum absolute atomic E-state index is 0.157. The summed E-state index contributed by atoms with van der Waals surface area (Å²) < 4.78 is 0. The Kier molecular flexibility index (Phi) is 11.1. The van der Waals surface area contributed by atoms with Gasteiger partial charge in [0.1, 0.15) is 0 Å². The van der Waals surface area contributed by atoms with Gasteiger partial charge in [-0.25, -0.2) is 0 Å². The minimum Gasteiger partial charge on any atom is -0.394 e. The van der Waals surface area contributed by atoms with Gasteiger partial charge in [-0.2, -0.15) is 0 Å². The van der Waals surface area contributed by atoms with Crippen molar-refractivity contribution in [1.29, 1.82) is 0 Å². The molecule has 0 unspecified atom stereocenters. The predicted octanol–water partition coefficient (Wildman–Crippen LogP) is 6.88. The Bertz CT molecular complexity index is 474. The van der Waals surface area contributed by atoms with Crippen molar-refractivity contribution in [1.82, 2.24) is 4.90 Å². The molecule has 3 atom stereocenters. The van der Waals surface area contributed by atoms with E-state index in [2.05, 4.69) is 49.1 Å². The van der Waals surface area contributed by atoms with E-state index in [-0.39, 0.29) is 12.6 Å². The highest BCUT2D eigenvalue weighted by molar-refractivity contribution is 5.20. The molecule has 0 saturated carbocycles. The van der Waals surface area contributed by atoms with Gasteiger partial charge in [0.2, 0.25) is 0 Å². The van der Waals surface area contributed by atoms with E-state index in [0.29, 0.717) is 12.1 Å². The van der Waals surface area contributed by atoms with Crippen molar-refractivity contribution < 1.29 is 5.11 Å². The quantitative estimate of drug-likeness (QED) is 0.381. The van der Waals surface area contributed by atoms with Gasteiger partial charge in [-0.15, -0.1) is 0 Å². The van der Waals surface area contributed by atoms with Crippen LogP contribution in [0, 0.1) is 0 Å². The highest BCUT2D eigenvalue weighted by Gasteiger charge is 2.33. The number of rotatable bonds is 13. The van der Waals surface area contributed by atoms with E-state index in [0.717, 1.165) is 0 Å². The normalized spacial score (nSPS) is 22.0. The van der Waals surface area contributed by atoms with Gasteiger partial charge in [0, 0.05) is 12.1 Å². The summed E-state index contributed by atoms with van der Waals surface area (Å²) in [6, 6.07) is 12.0. The van der Waals surface area contributed by atoms with Gasteiger partial charge in [-0.1, -0.05) is 101 Å². The molecule has 0 amide bonds. The molecule has 0 bridgehead atoms. The van der Waals surface area contributed by atoms with Crippen LogP contribution in [-0.4, -0.2) is 28.7 Å². The zero-order chi connectivity index (χ0) is 19.3. The Morgan fingerprint density at radius 3 is 2.19 bits per heavy atom. The van der Waals surface area contributed by atoms with Crippen LogP contribution in [0.2, 0.25) is 0 Å². The van der Waals surface area contributed by atoms with Crippen molar-refractivity contribution in [3.8, 4) is 0 Å². The molecule has 2 nitrogen and oxygen atoms in total. The molecule has 1 aliphatic rings. The van der Waals surface area contributed by atoms with Crippen molar-refractivity contribution in [2.45, 2.75) is 115 Å². The third kappa shape index (κ3) is 7.58. The van der Waals surface area contributed by atoms with Crippen LogP contribution in [0.25, 0.3) is 0 Å². The maximum atomic E-state index is 10.2. The number of aliphatic hydroxyl groups excluding tert-OH is 1. The molecule has 0 spiro atoms. The van der Waals surface area contributed by atoms with Gasteiger partial charge in [0.15, 0.2) is 0 Å². The second kappa shape index (κ2) is 13.3. The highest BCUT2D eigenvalue weighted by atomic mass is 16.3. The van der Waals surface area contributed by atoms with Gasteiger partial charge < -0.3 is 5.11 Å². The molecule has 1 heterocycles. The van der Waals surface area contributed by atoms with E-state index in [1.54, 1.807) is 0 Å². The zero-order valence-electron chi connectivity index (χ0n) is 17.9. The van der Waals surface area contributed by atoms with Crippen molar-refractivity contribution in [3.05, 3.63) is 35.9 Å². The van der Waals surface area contributed by atoms with Gasteiger partial charge in [-0.05, 0) is 31.7 Å². The maximum Gasteiger partial charge on any atom is 0.0628 e. The Morgan fingerprint density at radius 2 is 1.56 bits per heavy atom. The van der Waals surface area contributed by atoms with Crippen LogP contribution in [-0.2, 0) is 0 Å². The van der Waals surface area contributed by atoms with Gasteiger partial charge >= 0.3 is 0 Å². The number of nitrogens with zero attached hydrogens (tertiary/aromatic N) is 1. The first kappa shape index (κ1) is 22.4. The first-order valence-electron chi connectivity index (χ1n) is 11.7. The van der Waals surface area contributed by atoms with Gasteiger partial charge in [-0.3, -0.25) is 4.90 Å². The fraction of sp³-hybridized carbons (Fsp3) is 0.760. The predicted molar refractivity (Wildman–Crippen MR) is 117 cm³/mol. The average molecular weight is 374 g/mol. The molecular weight excluding hydrogens is 330 g/mol. The number of benzene rings is 1. The second-order valence-corrected chi connectivity index (χ2v) is 8.61. The van der Waals surface area contributed by atoms with Crippen LogP contribution in [0.1, 0.15) is 109 Å². The summed E-state index contributed by atoms with van der Waals surface area (Å²) >= 11 is 0. The van der Waals surface area contributed by atoms with Crippen molar-refractivity contribution in [2.75, 3.05) is 6.61 Å². The average Bonchev–Trinajstić information content (AvgIpc) is 2.70. The third-order valence-electron chi connectivity index (χ3n) is 6.45. The monoisotopic (exact) mass is 373 g/mol. The molecule has 2 heteroatoms. The Labute approximate surface area is 168 Å². The summed E-state index contributed by atoms with van der Waals surface area (Å²) in [4.78, 5) is 2.64. The fourth-order valence-corrected chi connectivity index (χ4v) is 4.90. The summed E-state index contributed by atoms with van der Waals surface area (Å²) in [5.41, 5.74) is 1.27. The van der Waals surface area contributed by atoms with Gasteiger partial charge in [0.05, 0.1) is 12.6 Å². The van der Waals surface area contributed by atoms with E-state index in [4.69, 9.17) is 0 Å². The molecule has 0 aromatic heterocycles. The van der Waals surface area contributed by atoms with Crippen molar-refractivity contribution >= 4 is 0 Å². The molecule has 27 heavy (non-hydrogen) atoms. The lowest BCUT2D eigenvalue weighted by atomic mass is 9.89. The standard InChI is InChI=1S/C25H43NO/c1-3-4-5-6-7-8-9-10-14-19-24-20-15-16-22(2)26(24)25(21-27)23-17-12-11-13-18-23/h11-13,17-18,22,24-25,27H,3-10,14-16,19-21H2,1-2H3/t22-,24+,25+/m1/s1. The van der Waals surface area contributed by atoms with Gasteiger partial charge in [0.25, 0.3) is 0 Å². The molecule has 1 N–H and O–H groups in total. The Hall–Kier alpha value is -0.860. The second-order valence-electron chi connectivity index (χ2n) is 8.61. The SMILES string of the molecule is CCCCCCCCCCC[C@H]1CCC[C@@H](C)N1[C@@H](CO)c1ccccc1. The summed E-state index contributed by atoms with van der Waals surface area (Å²) in [6.45, 7) is 4.87. The van der Waals surface area contributed by atoms with Crippen molar-refractivity contribution in [3.63, 3.8) is 0 Å². The van der Waals surface area contributed by atoms with Crippen LogP contribution in [0.4, 0.5) is 0 Å². The molecule has 1 saturated heterocycles. The smallest absolute Gasteiger partial charge is 0.0628 e. The van der Waals surface area contributed by atoms with E-state index < -0.39 is 0 Å². The number of piperidine rings is 1. The van der Waals surface area contributed by atoms with E-state index in [1.807, 2.05) is 0 Å².